The van der Waals surface area contributed by atoms with Crippen molar-refractivity contribution in [2.75, 3.05) is 20.1 Å². The Hall–Kier alpha value is -1.46. The lowest BCUT2D eigenvalue weighted by atomic mass is 10.0. The van der Waals surface area contributed by atoms with Crippen molar-refractivity contribution < 1.29 is 0 Å². The minimum Gasteiger partial charge on any atom is -0.312 e. The molecule has 0 amide bonds. The van der Waals surface area contributed by atoms with Gasteiger partial charge in [-0.3, -0.25) is 4.90 Å². The molecule has 4 rings (SSSR count). The van der Waals surface area contributed by atoms with Gasteiger partial charge >= 0.3 is 0 Å². The summed E-state index contributed by atoms with van der Waals surface area (Å²) in [6, 6.07) is 5.07. The zero-order valence-corrected chi connectivity index (χ0v) is 14.0. The zero-order valence-electron chi connectivity index (χ0n) is 14.0. The molecule has 0 saturated carbocycles. The smallest absolute Gasteiger partial charge is 0.160 e. The number of hydrogen-bond acceptors (Lipinski definition) is 4. The fraction of sp³-hybridized carbons (Fsp3) is 0.667. The Morgan fingerprint density at radius 1 is 1.22 bits per heavy atom. The Kier molecular flexibility index (Phi) is 4.31. The van der Waals surface area contributed by atoms with Crippen molar-refractivity contribution in [3.63, 3.8) is 0 Å². The van der Waals surface area contributed by atoms with E-state index in [2.05, 4.69) is 32.9 Å². The molecule has 0 aliphatic carbocycles. The van der Waals surface area contributed by atoms with E-state index in [-0.39, 0.29) is 0 Å². The van der Waals surface area contributed by atoms with Crippen molar-refractivity contribution in [3.8, 4) is 0 Å². The van der Waals surface area contributed by atoms with E-state index in [1.54, 1.807) is 0 Å². The fourth-order valence-electron chi connectivity index (χ4n) is 4.11. The van der Waals surface area contributed by atoms with Gasteiger partial charge in [0.1, 0.15) is 11.3 Å². The fourth-order valence-corrected chi connectivity index (χ4v) is 4.11. The molecule has 2 fully saturated rings. The van der Waals surface area contributed by atoms with Crippen LogP contribution in [0.4, 0.5) is 0 Å². The molecule has 0 aromatic carbocycles. The van der Waals surface area contributed by atoms with Crippen LogP contribution in [0.5, 0.6) is 0 Å². The highest BCUT2D eigenvalue weighted by Crippen LogP contribution is 2.31. The van der Waals surface area contributed by atoms with Gasteiger partial charge in [-0.05, 0) is 58.0 Å². The van der Waals surface area contributed by atoms with Crippen LogP contribution in [0.3, 0.4) is 0 Å². The molecular weight excluding hydrogens is 286 g/mol. The Labute approximate surface area is 138 Å². The highest BCUT2D eigenvalue weighted by Gasteiger charge is 2.27. The van der Waals surface area contributed by atoms with Crippen LogP contribution >= 0.6 is 0 Å². The van der Waals surface area contributed by atoms with Gasteiger partial charge in [0, 0.05) is 18.8 Å². The van der Waals surface area contributed by atoms with Crippen molar-refractivity contribution in [2.24, 2.45) is 0 Å². The van der Waals surface area contributed by atoms with Crippen molar-refractivity contribution in [1.82, 2.24) is 24.8 Å². The second-order valence-electron chi connectivity index (χ2n) is 7.07. The molecule has 0 spiro atoms. The Balaban J connectivity index is 1.71. The lowest BCUT2D eigenvalue weighted by molar-refractivity contribution is 0.174. The summed E-state index contributed by atoms with van der Waals surface area (Å²) in [6.07, 6.45) is 9.59. The van der Waals surface area contributed by atoms with Gasteiger partial charge in [-0.15, -0.1) is 0 Å². The van der Waals surface area contributed by atoms with Crippen LogP contribution < -0.4 is 5.32 Å². The van der Waals surface area contributed by atoms with Crippen LogP contribution in [0, 0.1) is 0 Å². The lowest BCUT2D eigenvalue weighted by Gasteiger charge is -2.33. The molecule has 2 aliphatic rings. The minimum atomic E-state index is 0.432. The first-order chi connectivity index (χ1) is 11.3. The van der Waals surface area contributed by atoms with E-state index < -0.39 is 0 Å². The standard InChI is InChI=1S/C18H27N5/c1-22-12-5-3-9-16(22)18-21-15-8-6-11-20-17(15)23(18)13-14-7-2-4-10-19-14/h6,8,11,14,16,19H,2-5,7,9-10,12-13H2,1H3. The van der Waals surface area contributed by atoms with Gasteiger partial charge in [0.05, 0.1) is 6.04 Å². The van der Waals surface area contributed by atoms with Crippen LogP contribution in [-0.2, 0) is 6.54 Å². The molecular formula is C18H27N5. The summed E-state index contributed by atoms with van der Waals surface area (Å²) in [5.74, 6) is 1.22. The van der Waals surface area contributed by atoms with E-state index in [0.29, 0.717) is 12.1 Å². The number of likely N-dealkylation sites (tertiary alicyclic amines) is 1. The second kappa shape index (κ2) is 6.57. The molecule has 2 aromatic heterocycles. The molecule has 2 aliphatic heterocycles. The van der Waals surface area contributed by atoms with E-state index in [0.717, 1.165) is 24.3 Å². The Morgan fingerprint density at radius 3 is 2.96 bits per heavy atom. The number of rotatable bonds is 3. The first-order valence-corrected chi connectivity index (χ1v) is 9.08. The molecule has 124 valence electrons. The van der Waals surface area contributed by atoms with Gasteiger partial charge < -0.3 is 9.88 Å². The number of pyridine rings is 1. The second-order valence-corrected chi connectivity index (χ2v) is 7.07. The maximum atomic E-state index is 4.98. The molecule has 0 bridgehead atoms. The number of nitrogens with zero attached hydrogens (tertiary/aromatic N) is 4. The van der Waals surface area contributed by atoms with E-state index in [9.17, 15) is 0 Å². The SMILES string of the molecule is CN1CCCCC1c1nc2cccnc2n1CC1CCCCN1. The third kappa shape index (κ3) is 3.00. The summed E-state index contributed by atoms with van der Waals surface area (Å²) in [5, 5.41) is 3.67. The molecule has 2 saturated heterocycles. The summed E-state index contributed by atoms with van der Waals surface area (Å²) >= 11 is 0. The van der Waals surface area contributed by atoms with Gasteiger partial charge in [-0.1, -0.05) is 12.8 Å². The van der Waals surface area contributed by atoms with Crippen molar-refractivity contribution >= 4 is 11.2 Å². The number of imidazole rings is 1. The predicted molar refractivity (Wildman–Crippen MR) is 92.4 cm³/mol. The van der Waals surface area contributed by atoms with Crippen LogP contribution in [0.25, 0.3) is 11.2 Å². The van der Waals surface area contributed by atoms with Crippen LogP contribution in [0.2, 0.25) is 0 Å². The monoisotopic (exact) mass is 313 g/mol. The van der Waals surface area contributed by atoms with Crippen molar-refractivity contribution in [3.05, 3.63) is 24.2 Å². The molecule has 2 aromatic rings. The molecule has 23 heavy (non-hydrogen) atoms. The van der Waals surface area contributed by atoms with E-state index in [4.69, 9.17) is 4.98 Å². The average Bonchev–Trinajstić information content (AvgIpc) is 2.95. The molecule has 5 nitrogen and oxygen atoms in total. The summed E-state index contributed by atoms with van der Waals surface area (Å²) < 4.78 is 2.39. The zero-order chi connectivity index (χ0) is 15.6. The Bertz CT molecular complexity index is 658. The number of fused-ring (bicyclic) bond motifs is 1. The normalized spacial score (nSPS) is 26.7. The highest BCUT2D eigenvalue weighted by atomic mass is 15.2. The maximum Gasteiger partial charge on any atom is 0.160 e. The molecule has 5 heteroatoms. The first-order valence-electron chi connectivity index (χ1n) is 9.08. The van der Waals surface area contributed by atoms with Gasteiger partial charge in [0.15, 0.2) is 5.65 Å². The number of hydrogen-bond donors (Lipinski definition) is 1. The summed E-state index contributed by atoms with van der Waals surface area (Å²) in [4.78, 5) is 12.1. The highest BCUT2D eigenvalue weighted by molar-refractivity contribution is 5.71. The predicted octanol–water partition coefficient (Wildman–Crippen LogP) is 2.73. The van der Waals surface area contributed by atoms with Gasteiger partial charge in [-0.2, -0.15) is 0 Å². The van der Waals surface area contributed by atoms with E-state index >= 15 is 0 Å². The third-order valence-electron chi connectivity index (χ3n) is 5.42. The third-order valence-corrected chi connectivity index (χ3v) is 5.42. The molecule has 2 atom stereocenters. The molecule has 2 unspecified atom stereocenters. The largest absolute Gasteiger partial charge is 0.312 e. The lowest BCUT2D eigenvalue weighted by Crippen LogP contribution is -2.39. The van der Waals surface area contributed by atoms with Crippen molar-refractivity contribution in [1.29, 1.82) is 0 Å². The van der Waals surface area contributed by atoms with Gasteiger partial charge in [0.25, 0.3) is 0 Å². The average molecular weight is 313 g/mol. The van der Waals surface area contributed by atoms with Crippen molar-refractivity contribution in [2.45, 2.75) is 57.2 Å². The number of piperidine rings is 2. The molecule has 4 heterocycles. The summed E-state index contributed by atoms with van der Waals surface area (Å²) in [7, 11) is 2.24. The number of nitrogens with one attached hydrogen (secondary N) is 1. The molecule has 1 N–H and O–H groups in total. The van der Waals surface area contributed by atoms with Crippen LogP contribution in [-0.4, -0.2) is 45.6 Å². The quantitative estimate of drug-likeness (QED) is 0.946. The summed E-state index contributed by atoms with van der Waals surface area (Å²) in [6.45, 7) is 3.31. The van der Waals surface area contributed by atoms with Crippen LogP contribution in [0.1, 0.15) is 50.4 Å². The van der Waals surface area contributed by atoms with E-state index in [1.165, 1.54) is 50.9 Å². The van der Waals surface area contributed by atoms with Crippen LogP contribution in [0.15, 0.2) is 18.3 Å². The van der Waals surface area contributed by atoms with E-state index in [1.807, 2.05) is 12.3 Å². The van der Waals surface area contributed by atoms with Gasteiger partial charge in [-0.25, -0.2) is 9.97 Å². The minimum absolute atomic E-state index is 0.432. The number of aromatic nitrogens is 3. The van der Waals surface area contributed by atoms with Gasteiger partial charge in [0.2, 0.25) is 0 Å². The Morgan fingerprint density at radius 2 is 2.13 bits per heavy atom. The summed E-state index contributed by atoms with van der Waals surface area (Å²) in [5.41, 5.74) is 2.09. The molecule has 0 radical (unpaired) electrons. The topological polar surface area (TPSA) is 46.0 Å². The maximum absolute atomic E-state index is 4.98. The first kappa shape index (κ1) is 15.1.